The molecular weight excluding hydrogens is 713 g/mol. The van der Waals surface area contributed by atoms with Crippen molar-refractivity contribution in [3.8, 4) is 11.8 Å². The van der Waals surface area contributed by atoms with Crippen molar-refractivity contribution in [1.82, 2.24) is 40.4 Å². The first-order valence-electron chi connectivity index (χ1n) is 19.7. The average molecular weight is 767 g/mol. The molecule has 2 aromatic carbocycles. The molecule has 0 unspecified atom stereocenters. The zero-order chi connectivity index (χ0) is 40.3. The van der Waals surface area contributed by atoms with E-state index < -0.39 is 24.3 Å². The van der Waals surface area contributed by atoms with Gasteiger partial charge in [0, 0.05) is 23.2 Å². The van der Waals surface area contributed by atoms with E-state index in [4.69, 9.17) is 19.4 Å². The third-order valence-corrected chi connectivity index (χ3v) is 11.2. The van der Waals surface area contributed by atoms with Gasteiger partial charge in [-0.15, -0.1) is 0 Å². The van der Waals surface area contributed by atoms with E-state index >= 15 is 0 Å². The Kier molecular flexibility index (Phi) is 12.2. The molecule has 4 heterocycles. The number of amides is 4. The number of hydrogen-bond donors (Lipinski definition) is 4. The van der Waals surface area contributed by atoms with E-state index in [0.29, 0.717) is 11.6 Å². The van der Waals surface area contributed by atoms with Crippen LogP contribution in [0.15, 0.2) is 36.4 Å². The Morgan fingerprint density at radius 1 is 0.696 bits per heavy atom. The Morgan fingerprint density at radius 3 is 1.43 bits per heavy atom. The number of nitrogens with zero attached hydrogens (tertiary/aromatic N) is 4. The molecule has 2 aliphatic heterocycles. The van der Waals surface area contributed by atoms with E-state index in [1.165, 1.54) is 14.2 Å². The first-order chi connectivity index (χ1) is 26.9. The lowest BCUT2D eigenvalue weighted by molar-refractivity contribution is -0.138. The number of H-pyrrole nitrogens is 2. The number of alkyl carbamates (subject to hydrolysis) is 2. The summed E-state index contributed by atoms with van der Waals surface area (Å²) in [6.45, 7) is 11.8. The summed E-state index contributed by atoms with van der Waals surface area (Å²) in [6.07, 6.45) is 3.53. The summed E-state index contributed by atoms with van der Waals surface area (Å²) in [5.41, 5.74) is 4.78. The predicted molar refractivity (Wildman–Crippen MR) is 212 cm³/mol. The molecule has 4 N–H and O–H groups in total. The number of benzene rings is 2. The van der Waals surface area contributed by atoms with Crippen LogP contribution in [0.4, 0.5) is 9.59 Å². The van der Waals surface area contributed by atoms with Gasteiger partial charge in [-0.25, -0.2) is 19.6 Å². The van der Waals surface area contributed by atoms with Crippen molar-refractivity contribution >= 4 is 46.1 Å². The lowest BCUT2D eigenvalue weighted by atomic mass is 10.0. The number of fused-ring (bicyclic) bond motifs is 2. The molecule has 0 aliphatic carbocycles. The molecule has 298 valence electrons. The molecule has 6 atom stereocenters. The molecule has 4 amide bonds. The maximum atomic E-state index is 13.9. The number of carbonyl (C=O) groups is 4. The van der Waals surface area contributed by atoms with Crippen LogP contribution in [0.1, 0.15) is 115 Å². The largest absolute Gasteiger partial charge is 0.453 e. The Bertz CT molecular complexity index is 2000. The zero-order valence-corrected chi connectivity index (χ0v) is 33.6. The summed E-state index contributed by atoms with van der Waals surface area (Å²) in [5, 5.41) is 5.47. The first-order valence-corrected chi connectivity index (χ1v) is 19.7. The predicted octanol–water partition coefficient (Wildman–Crippen LogP) is 6.48. The van der Waals surface area contributed by atoms with Gasteiger partial charge in [-0.2, -0.15) is 0 Å². The Hall–Kier alpha value is -5.58. The van der Waals surface area contributed by atoms with Gasteiger partial charge >= 0.3 is 12.2 Å². The van der Waals surface area contributed by atoms with Crippen LogP contribution in [-0.4, -0.2) is 92.1 Å². The maximum absolute atomic E-state index is 13.9. The molecule has 0 spiro atoms. The van der Waals surface area contributed by atoms with E-state index in [9.17, 15) is 19.2 Å². The van der Waals surface area contributed by atoms with E-state index in [1.807, 2.05) is 73.9 Å². The van der Waals surface area contributed by atoms with Crippen LogP contribution in [0.25, 0.3) is 22.1 Å². The molecule has 0 saturated carbocycles. The number of hydrogen-bond acceptors (Lipinski definition) is 8. The lowest BCUT2D eigenvalue weighted by Crippen LogP contribution is -2.53. The number of aromatic nitrogens is 4. The highest BCUT2D eigenvalue weighted by molar-refractivity contribution is 5.88. The molecular formula is C42H54N8O6. The van der Waals surface area contributed by atoms with Crippen molar-refractivity contribution in [2.24, 2.45) is 11.8 Å². The van der Waals surface area contributed by atoms with Gasteiger partial charge in [0.15, 0.2) is 0 Å². The molecule has 6 rings (SSSR count). The second kappa shape index (κ2) is 17.1. The SMILES string of the molecule is CC[C@@H]1CC[C@@H](c2nc3cc(C#Cc4ccc5[nH]c([C@@H]6CC[C@@H](CC)N6C(=O)[C@@H](NC(=O)OC)C(C)C)nc5c4)ccc3[nH]2)N1C(=O)[C@@H](NC(=O)OC)C(C)C. The third-order valence-electron chi connectivity index (χ3n) is 11.2. The molecule has 2 fully saturated rings. The molecule has 14 nitrogen and oxygen atoms in total. The quantitative estimate of drug-likeness (QED) is 0.133. The van der Waals surface area contributed by atoms with Crippen LogP contribution < -0.4 is 10.6 Å². The monoisotopic (exact) mass is 766 g/mol. The van der Waals surface area contributed by atoms with Crippen LogP contribution >= 0.6 is 0 Å². The van der Waals surface area contributed by atoms with E-state index in [-0.39, 0.29) is 47.8 Å². The standard InChI is InChI=1S/C42H54N8O6/c1-9-27-15-19-33(49(27)39(51)35(23(3)4)47-41(53)55-7)37-43-29-17-13-25(21-31(29)45-37)11-12-26-14-18-30-32(22-26)46-38(44-30)34-20-16-28(10-2)50(34)40(52)36(24(5)6)48-42(54)56-8/h13-14,17-18,21-24,27-28,33-36H,9-10,15-16,19-20H2,1-8H3,(H,43,45)(H,44,46)(H,47,53)(H,48,54)/t27-,28-,33+,34+,35+,36+/m1/s1. The van der Waals surface area contributed by atoms with Crippen LogP contribution in [-0.2, 0) is 19.1 Å². The van der Waals surface area contributed by atoms with Crippen molar-refractivity contribution in [3.63, 3.8) is 0 Å². The Balaban J connectivity index is 1.22. The minimum absolute atomic E-state index is 0.0335. The number of ether oxygens (including phenoxy) is 2. The van der Waals surface area contributed by atoms with Crippen LogP contribution in [0, 0.1) is 23.7 Å². The molecule has 56 heavy (non-hydrogen) atoms. The molecule has 2 saturated heterocycles. The summed E-state index contributed by atoms with van der Waals surface area (Å²) in [6, 6.07) is 9.80. The van der Waals surface area contributed by atoms with E-state index in [0.717, 1.165) is 71.7 Å². The minimum Gasteiger partial charge on any atom is -0.453 e. The van der Waals surface area contributed by atoms with Crippen LogP contribution in [0.3, 0.4) is 0 Å². The highest BCUT2D eigenvalue weighted by Crippen LogP contribution is 2.39. The van der Waals surface area contributed by atoms with Crippen molar-refractivity contribution in [2.45, 2.75) is 116 Å². The number of likely N-dealkylation sites (tertiary alicyclic amines) is 2. The molecule has 0 bridgehead atoms. The molecule has 4 aromatic rings. The number of rotatable bonds is 10. The third kappa shape index (κ3) is 8.17. The molecule has 0 radical (unpaired) electrons. The van der Waals surface area contributed by atoms with Gasteiger partial charge in [0.25, 0.3) is 0 Å². The fraction of sp³-hybridized carbons (Fsp3) is 0.524. The summed E-state index contributed by atoms with van der Waals surface area (Å²) >= 11 is 0. The number of aromatic amines is 2. The fourth-order valence-electron chi connectivity index (χ4n) is 8.16. The molecule has 2 aliphatic rings. The van der Waals surface area contributed by atoms with Gasteiger partial charge in [-0.1, -0.05) is 53.4 Å². The fourth-order valence-corrected chi connectivity index (χ4v) is 8.16. The second-order valence-electron chi connectivity index (χ2n) is 15.5. The first kappa shape index (κ1) is 40.1. The number of nitrogens with one attached hydrogen (secondary N) is 4. The van der Waals surface area contributed by atoms with Gasteiger partial charge < -0.3 is 39.9 Å². The minimum atomic E-state index is -0.718. The van der Waals surface area contributed by atoms with Crippen molar-refractivity contribution in [3.05, 3.63) is 59.2 Å². The van der Waals surface area contributed by atoms with Gasteiger partial charge in [-0.05, 0) is 86.8 Å². The average Bonchev–Trinajstić information content (AvgIpc) is 4.00. The molecule has 2 aromatic heterocycles. The maximum Gasteiger partial charge on any atom is 0.407 e. The highest BCUT2D eigenvalue weighted by Gasteiger charge is 2.43. The lowest BCUT2D eigenvalue weighted by Gasteiger charge is -2.33. The van der Waals surface area contributed by atoms with Crippen LogP contribution in [0.2, 0.25) is 0 Å². The normalized spacial score (nSPS) is 20.6. The summed E-state index contributed by atoms with van der Waals surface area (Å²) < 4.78 is 9.62. The van der Waals surface area contributed by atoms with Gasteiger partial charge in [0.05, 0.1) is 48.4 Å². The summed E-state index contributed by atoms with van der Waals surface area (Å²) in [7, 11) is 2.59. The Morgan fingerprint density at radius 2 is 1.09 bits per heavy atom. The van der Waals surface area contributed by atoms with Crippen LogP contribution in [0.5, 0.6) is 0 Å². The van der Waals surface area contributed by atoms with Gasteiger partial charge in [0.2, 0.25) is 11.8 Å². The number of imidazole rings is 2. The second-order valence-corrected chi connectivity index (χ2v) is 15.5. The van der Waals surface area contributed by atoms with Crippen molar-refractivity contribution < 1.29 is 28.7 Å². The summed E-state index contributed by atoms with van der Waals surface area (Å²) in [4.78, 5) is 72.7. The van der Waals surface area contributed by atoms with Gasteiger partial charge in [-0.3, -0.25) is 9.59 Å². The highest BCUT2D eigenvalue weighted by atomic mass is 16.5. The number of carbonyl (C=O) groups excluding carboxylic acids is 4. The Labute approximate surface area is 327 Å². The van der Waals surface area contributed by atoms with Gasteiger partial charge in [0.1, 0.15) is 23.7 Å². The topological polar surface area (TPSA) is 175 Å². The smallest absolute Gasteiger partial charge is 0.407 e. The van der Waals surface area contributed by atoms with E-state index in [2.05, 4.69) is 46.3 Å². The summed E-state index contributed by atoms with van der Waals surface area (Å²) in [5.74, 6) is 7.43. The number of methoxy groups -OCH3 is 2. The zero-order valence-electron chi connectivity index (χ0n) is 33.6. The van der Waals surface area contributed by atoms with Crippen molar-refractivity contribution in [2.75, 3.05) is 14.2 Å². The molecule has 14 heteroatoms. The van der Waals surface area contributed by atoms with Crippen molar-refractivity contribution in [1.29, 1.82) is 0 Å². The van der Waals surface area contributed by atoms with E-state index in [1.54, 1.807) is 0 Å².